The molecule has 0 radical (unpaired) electrons. The highest BCUT2D eigenvalue weighted by Crippen LogP contribution is 2.16. The lowest BCUT2D eigenvalue weighted by atomic mass is 10.1. The molecule has 0 atom stereocenters. The van der Waals surface area contributed by atoms with Crippen LogP contribution in [0.3, 0.4) is 0 Å². The van der Waals surface area contributed by atoms with Gasteiger partial charge in [0.15, 0.2) is 0 Å². The van der Waals surface area contributed by atoms with Crippen LogP contribution in [0.1, 0.15) is 31.0 Å². The summed E-state index contributed by atoms with van der Waals surface area (Å²) in [6.45, 7) is 2.98. The number of aromatic nitrogens is 2. The molecule has 2 rings (SSSR count). The summed E-state index contributed by atoms with van der Waals surface area (Å²) in [4.78, 5) is 8.01. The van der Waals surface area contributed by atoms with Crippen LogP contribution in [0.25, 0.3) is 11.8 Å². The zero-order chi connectivity index (χ0) is 15.1. The van der Waals surface area contributed by atoms with Gasteiger partial charge < -0.3 is 5.32 Å². The number of benzene rings is 1. The molecule has 0 spiro atoms. The Morgan fingerprint density at radius 3 is 2.71 bits per heavy atom. The van der Waals surface area contributed by atoms with E-state index in [-0.39, 0.29) is 11.1 Å². The van der Waals surface area contributed by atoms with Crippen LogP contribution in [-0.2, 0) is 0 Å². The van der Waals surface area contributed by atoms with Gasteiger partial charge in [-0.25, -0.2) is 14.4 Å². The van der Waals surface area contributed by atoms with E-state index in [1.165, 1.54) is 12.1 Å². The van der Waals surface area contributed by atoms with E-state index in [1.807, 2.05) is 6.08 Å². The van der Waals surface area contributed by atoms with E-state index in [4.69, 9.17) is 11.6 Å². The number of nitrogens with one attached hydrogen (secondary N) is 1. The number of rotatable bonds is 6. The van der Waals surface area contributed by atoms with Gasteiger partial charge in [-0.1, -0.05) is 25.5 Å². The molecule has 21 heavy (non-hydrogen) atoms. The van der Waals surface area contributed by atoms with Crippen molar-refractivity contribution < 1.29 is 4.39 Å². The Bertz CT molecular complexity index is 611. The molecule has 110 valence electrons. The molecule has 0 aliphatic rings. The van der Waals surface area contributed by atoms with Crippen LogP contribution >= 0.6 is 11.6 Å². The van der Waals surface area contributed by atoms with Gasteiger partial charge in [0.25, 0.3) is 0 Å². The Kier molecular flexibility index (Phi) is 5.69. The van der Waals surface area contributed by atoms with Crippen LogP contribution in [0.15, 0.2) is 36.5 Å². The molecule has 0 amide bonds. The molecule has 3 nitrogen and oxygen atoms in total. The third-order valence-corrected chi connectivity index (χ3v) is 3.12. The Morgan fingerprint density at radius 2 is 2.05 bits per heavy atom. The normalized spacial score (nSPS) is 11.5. The molecule has 0 saturated carbocycles. The lowest BCUT2D eigenvalue weighted by Gasteiger charge is -2.11. The van der Waals surface area contributed by atoms with E-state index in [1.54, 1.807) is 24.4 Å². The maximum absolute atomic E-state index is 13.1. The van der Waals surface area contributed by atoms with Crippen molar-refractivity contribution in [2.24, 2.45) is 0 Å². The SMILES string of the molecule is CCCCN/C(=C\c1ccnc(Cl)n1)c1ccc(F)cc1. The molecule has 1 aromatic carbocycles. The second kappa shape index (κ2) is 7.74. The summed E-state index contributed by atoms with van der Waals surface area (Å²) in [6.07, 6.45) is 5.65. The average molecular weight is 306 g/mol. The van der Waals surface area contributed by atoms with Crippen molar-refractivity contribution in [3.8, 4) is 0 Å². The number of hydrogen-bond acceptors (Lipinski definition) is 3. The van der Waals surface area contributed by atoms with Crippen molar-refractivity contribution in [3.05, 3.63) is 58.9 Å². The third-order valence-electron chi connectivity index (χ3n) is 2.94. The van der Waals surface area contributed by atoms with Crippen LogP contribution in [-0.4, -0.2) is 16.5 Å². The van der Waals surface area contributed by atoms with Crippen LogP contribution < -0.4 is 5.32 Å². The first-order valence-electron chi connectivity index (χ1n) is 6.89. The van der Waals surface area contributed by atoms with Gasteiger partial charge in [-0.3, -0.25) is 0 Å². The maximum atomic E-state index is 13.1. The van der Waals surface area contributed by atoms with Crippen molar-refractivity contribution in [2.45, 2.75) is 19.8 Å². The largest absolute Gasteiger partial charge is 0.384 e. The Hall–Kier alpha value is -1.94. The molecule has 0 bridgehead atoms. The summed E-state index contributed by atoms with van der Waals surface area (Å²) in [7, 11) is 0. The monoisotopic (exact) mass is 305 g/mol. The van der Waals surface area contributed by atoms with Gasteiger partial charge >= 0.3 is 0 Å². The van der Waals surface area contributed by atoms with E-state index in [2.05, 4.69) is 22.2 Å². The lowest BCUT2D eigenvalue weighted by molar-refractivity contribution is 0.627. The van der Waals surface area contributed by atoms with Crippen molar-refractivity contribution in [2.75, 3.05) is 6.54 Å². The first-order valence-corrected chi connectivity index (χ1v) is 7.27. The van der Waals surface area contributed by atoms with E-state index in [0.29, 0.717) is 5.69 Å². The summed E-state index contributed by atoms with van der Waals surface area (Å²) < 4.78 is 13.1. The lowest BCUT2D eigenvalue weighted by Crippen LogP contribution is -2.13. The second-order valence-electron chi connectivity index (χ2n) is 4.60. The molecular weight excluding hydrogens is 289 g/mol. The summed E-state index contributed by atoms with van der Waals surface area (Å²) in [5.74, 6) is -0.253. The van der Waals surface area contributed by atoms with Crippen LogP contribution in [0.2, 0.25) is 5.28 Å². The summed E-state index contributed by atoms with van der Waals surface area (Å²) in [5, 5.41) is 3.56. The standard InChI is InChI=1S/C16H17ClFN3/c1-2-3-9-19-15(12-4-6-13(18)7-5-12)11-14-8-10-20-16(17)21-14/h4-8,10-11,19H,2-3,9H2,1H3/b15-11-. The molecule has 1 N–H and O–H groups in total. The zero-order valence-electron chi connectivity index (χ0n) is 11.8. The molecule has 2 aromatic rings. The van der Waals surface area contributed by atoms with Crippen molar-refractivity contribution in [1.82, 2.24) is 15.3 Å². The molecule has 1 aromatic heterocycles. The second-order valence-corrected chi connectivity index (χ2v) is 4.93. The highest BCUT2D eigenvalue weighted by molar-refractivity contribution is 6.28. The Morgan fingerprint density at radius 1 is 1.29 bits per heavy atom. The van der Waals surface area contributed by atoms with Crippen LogP contribution in [0.4, 0.5) is 4.39 Å². The molecule has 0 fully saturated rings. The molecule has 0 aliphatic carbocycles. The highest BCUT2D eigenvalue weighted by atomic mass is 35.5. The minimum Gasteiger partial charge on any atom is -0.384 e. The molecule has 1 heterocycles. The van der Waals surface area contributed by atoms with Gasteiger partial charge in [0.05, 0.1) is 5.69 Å². The number of nitrogens with zero attached hydrogens (tertiary/aromatic N) is 2. The fraction of sp³-hybridized carbons (Fsp3) is 0.250. The minimum absolute atomic E-state index is 0.204. The first-order chi connectivity index (χ1) is 10.2. The maximum Gasteiger partial charge on any atom is 0.222 e. The van der Waals surface area contributed by atoms with E-state index < -0.39 is 0 Å². The van der Waals surface area contributed by atoms with Crippen LogP contribution in [0.5, 0.6) is 0 Å². The quantitative estimate of drug-likeness (QED) is 0.643. The topological polar surface area (TPSA) is 37.8 Å². The summed E-state index contributed by atoms with van der Waals surface area (Å²) in [5.41, 5.74) is 2.50. The van der Waals surface area contributed by atoms with Gasteiger partial charge in [0, 0.05) is 18.4 Å². The van der Waals surface area contributed by atoms with Crippen molar-refractivity contribution in [3.63, 3.8) is 0 Å². The smallest absolute Gasteiger partial charge is 0.222 e. The molecule has 0 saturated heterocycles. The van der Waals surface area contributed by atoms with Gasteiger partial charge in [-0.05, 0) is 47.9 Å². The number of halogens is 2. The van der Waals surface area contributed by atoms with Gasteiger partial charge in [-0.2, -0.15) is 0 Å². The first kappa shape index (κ1) is 15.4. The molecule has 0 unspecified atom stereocenters. The highest BCUT2D eigenvalue weighted by Gasteiger charge is 2.03. The van der Waals surface area contributed by atoms with Gasteiger partial charge in [-0.15, -0.1) is 0 Å². The fourth-order valence-electron chi connectivity index (χ4n) is 1.84. The van der Waals surface area contributed by atoms with Crippen molar-refractivity contribution in [1.29, 1.82) is 0 Å². The molecular formula is C16H17ClFN3. The predicted octanol–water partition coefficient (Wildman–Crippen LogP) is 4.16. The van der Waals surface area contributed by atoms with Gasteiger partial charge in [0.1, 0.15) is 5.82 Å². The predicted molar refractivity (Wildman–Crippen MR) is 84.2 cm³/mol. The third kappa shape index (κ3) is 4.83. The molecule has 0 aliphatic heterocycles. The number of unbranched alkanes of at least 4 members (excludes halogenated alkanes) is 1. The summed E-state index contributed by atoms with van der Waals surface area (Å²) >= 11 is 5.80. The minimum atomic E-state index is -0.253. The van der Waals surface area contributed by atoms with E-state index in [0.717, 1.165) is 30.6 Å². The van der Waals surface area contributed by atoms with E-state index >= 15 is 0 Å². The Labute approximate surface area is 128 Å². The van der Waals surface area contributed by atoms with Crippen LogP contribution in [0, 0.1) is 5.82 Å². The van der Waals surface area contributed by atoms with E-state index in [9.17, 15) is 4.39 Å². The average Bonchev–Trinajstić information content (AvgIpc) is 2.47. The zero-order valence-corrected chi connectivity index (χ0v) is 12.6. The Balaban J connectivity index is 2.28. The number of hydrogen-bond donors (Lipinski definition) is 1. The summed E-state index contributed by atoms with van der Waals surface area (Å²) in [6, 6.07) is 8.14. The van der Waals surface area contributed by atoms with Gasteiger partial charge in [0.2, 0.25) is 5.28 Å². The molecule has 5 heteroatoms. The van der Waals surface area contributed by atoms with Crippen molar-refractivity contribution >= 4 is 23.4 Å². The fourth-order valence-corrected chi connectivity index (χ4v) is 2.00.